The van der Waals surface area contributed by atoms with Crippen LogP contribution in [0.5, 0.6) is 0 Å². The molecule has 3 heteroatoms. The zero-order chi connectivity index (χ0) is 17.3. The second kappa shape index (κ2) is 9.71. The van der Waals surface area contributed by atoms with Crippen molar-refractivity contribution in [2.24, 2.45) is 0 Å². The first-order valence-corrected chi connectivity index (χ1v) is 9.39. The van der Waals surface area contributed by atoms with E-state index in [4.69, 9.17) is 9.84 Å². The lowest BCUT2D eigenvalue weighted by atomic mass is 9.91. The highest BCUT2D eigenvalue weighted by Crippen LogP contribution is 2.27. The molecule has 0 spiro atoms. The van der Waals surface area contributed by atoms with Crippen molar-refractivity contribution >= 4 is 0 Å². The van der Waals surface area contributed by atoms with E-state index in [1.54, 1.807) is 0 Å². The Kier molecular flexibility index (Phi) is 7.04. The molecule has 3 rings (SSSR count). The molecule has 134 valence electrons. The zero-order valence-corrected chi connectivity index (χ0v) is 14.9. The first kappa shape index (κ1) is 18.1. The average Bonchev–Trinajstić information content (AvgIpc) is 2.68. The number of benzene rings is 2. The van der Waals surface area contributed by atoms with Crippen LogP contribution in [0.2, 0.25) is 0 Å². The van der Waals surface area contributed by atoms with Gasteiger partial charge in [0.2, 0.25) is 0 Å². The molecule has 1 aliphatic rings. The normalized spacial score (nSPS) is 20.7. The molecule has 3 nitrogen and oxygen atoms in total. The molecule has 0 aromatic heterocycles. The molecule has 2 aromatic carbocycles. The predicted molar refractivity (Wildman–Crippen MR) is 101 cm³/mol. The van der Waals surface area contributed by atoms with E-state index in [-0.39, 0.29) is 6.61 Å². The van der Waals surface area contributed by atoms with Gasteiger partial charge in [-0.15, -0.1) is 0 Å². The second-order valence-corrected chi connectivity index (χ2v) is 6.90. The van der Waals surface area contributed by atoms with Gasteiger partial charge in [-0.2, -0.15) is 0 Å². The first-order valence-electron chi connectivity index (χ1n) is 9.39. The highest BCUT2D eigenvalue weighted by Gasteiger charge is 2.26. The van der Waals surface area contributed by atoms with E-state index in [1.165, 1.54) is 11.1 Å². The van der Waals surface area contributed by atoms with E-state index in [1.807, 2.05) is 0 Å². The quantitative estimate of drug-likeness (QED) is 0.789. The molecule has 0 saturated heterocycles. The lowest BCUT2D eigenvalue weighted by Crippen LogP contribution is -2.39. The van der Waals surface area contributed by atoms with E-state index < -0.39 is 0 Å². The summed E-state index contributed by atoms with van der Waals surface area (Å²) >= 11 is 0. The highest BCUT2D eigenvalue weighted by molar-refractivity contribution is 5.17. The summed E-state index contributed by atoms with van der Waals surface area (Å²) in [6.07, 6.45) is 4.82. The number of aliphatic hydroxyl groups excluding tert-OH is 1. The molecule has 2 aromatic rings. The van der Waals surface area contributed by atoms with Crippen LogP contribution in [-0.4, -0.2) is 35.4 Å². The maximum absolute atomic E-state index is 8.93. The smallest absolute Gasteiger partial charge is 0.0701 e. The van der Waals surface area contributed by atoms with Gasteiger partial charge in [-0.1, -0.05) is 60.7 Å². The number of ether oxygens (including phenoxy) is 1. The Bertz CT molecular complexity index is 552. The second-order valence-electron chi connectivity index (χ2n) is 6.90. The molecule has 1 saturated carbocycles. The third-order valence-corrected chi connectivity index (χ3v) is 5.06. The third-order valence-electron chi connectivity index (χ3n) is 5.06. The molecule has 25 heavy (non-hydrogen) atoms. The summed E-state index contributed by atoms with van der Waals surface area (Å²) in [6, 6.07) is 22.1. The summed E-state index contributed by atoms with van der Waals surface area (Å²) in [5, 5.41) is 8.93. The molecule has 1 aliphatic carbocycles. The van der Waals surface area contributed by atoms with Crippen LogP contribution in [0.1, 0.15) is 36.8 Å². The van der Waals surface area contributed by atoms with Crippen molar-refractivity contribution in [1.29, 1.82) is 0 Å². The third kappa shape index (κ3) is 5.67. The van der Waals surface area contributed by atoms with Crippen LogP contribution in [0.3, 0.4) is 0 Å². The van der Waals surface area contributed by atoms with Gasteiger partial charge < -0.3 is 9.84 Å². The van der Waals surface area contributed by atoms with Gasteiger partial charge in [-0.25, -0.2) is 0 Å². The SMILES string of the molecule is OCCO[C@H]1CC[C@H](N(Cc2ccccc2)Cc2ccccc2)CC1. The Morgan fingerprint density at radius 1 is 0.800 bits per heavy atom. The van der Waals surface area contributed by atoms with E-state index >= 15 is 0 Å². The Hall–Kier alpha value is -1.68. The Balaban J connectivity index is 1.64. The monoisotopic (exact) mass is 339 g/mol. The number of rotatable bonds is 8. The minimum Gasteiger partial charge on any atom is -0.394 e. The molecule has 0 atom stereocenters. The molecule has 0 bridgehead atoms. The molecule has 0 aliphatic heterocycles. The van der Waals surface area contributed by atoms with Gasteiger partial charge in [-0.05, 0) is 36.8 Å². The Morgan fingerprint density at radius 2 is 1.32 bits per heavy atom. The number of hydrogen-bond donors (Lipinski definition) is 1. The molecule has 1 fully saturated rings. The summed E-state index contributed by atoms with van der Waals surface area (Å²) in [5.74, 6) is 0. The first-order chi connectivity index (χ1) is 12.3. The number of hydrogen-bond acceptors (Lipinski definition) is 3. The van der Waals surface area contributed by atoms with Gasteiger partial charge in [0.25, 0.3) is 0 Å². The van der Waals surface area contributed by atoms with E-state index in [0.29, 0.717) is 18.8 Å². The maximum atomic E-state index is 8.93. The van der Waals surface area contributed by atoms with Crippen LogP contribution in [0.4, 0.5) is 0 Å². The van der Waals surface area contributed by atoms with Crippen molar-refractivity contribution < 1.29 is 9.84 Å². The molecular formula is C22H29NO2. The summed E-state index contributed by atoms with van der Waals surface area (Å²) in [4.78, 5) is 2.62. The van der Waals surface area contributed by atoms with Crippen LogP contribution < -0.4 is 0 Å². The van der Waals surface area contributed by atoms with E-state index in [0.717, 1.165) is 38.8 Å². The van der Waals surface area contributed by atoms with Crippen molar-refractivity contribution in [2.45, 2.75) is 50.9 Å². The molecule has 0 amide bonds. The lowest BCUT2D eigenvalue weighted by Gasteiger charge is -2.37. The van der Waals surface area contributed by atoms with Crippen molar-refractivity contribution in [3.8, 4) is 0 Å². The van der Waals surface area contributed by atoms with Crippen LogP contribution in [-0.2, 0) is 17.8 Å². The van der Waals surface area contributed by atoms with Gasteiger partial charge >= 0.3 is 0 Å². The van der Waals surface area contributed by atoms with Crippen LogP contribution in [0.15, 0.2) is 60.7 Å². The fourth-order valence-electron chi connectivity index (χ4n) is 3.75. The molecular weight excluding hydrogens is 310 g/mol. The standard InChI is InChI=1S/C22H29NO2/c24-15-16-25-22-13-11-21(12-14-22)23(17-19-7-3-1-4-8-19)18-20-9-5-2-6-10-20/h1-10,21-22,24H,11-18H2/t21-,22-. The number of aliphatic hydroxyl groups is 1. The molecule has 0 unspecified atom stereocenters. The van der Waals surface area contributed by atoms with Gasteiger partial charge in [0.15, 0.2) is 0 Å². The van der Waals surface area contributed by atoms with Gasteiger partial charge in [0.1, 0.15) is 0 Å². The zero-order valence-electron chi connectivity index (χ0n) is 14.9. The van der Waals surface area contributed by atoms with E-state index in [2.05, 4.69) is 65.6 Å². The van der Waals surface area contributed by atoms with Crippen molar-refractivity contribution in [1.82, 2.24) is 4.90 Å². The molecule has 0 heterocycles. The van der Waals surface area contributed by atoms with Gasteiger partial charge in [-0.3, -0.25) is 4.90 Å². The number of nitrogens with zero attached hydrogens (tertiary/aromatic N) is 1. The van der Waals surface area contributed by atoms with Crippen molar-refractivity contribution in [3.63, 3.8) is 0 Å². The lowest BCUT2D eigenvalue weighted by molar-refractivity contribution is -0.00965. The summed E-state index contributed by atoms with van der Waals surface area (Å²) in [5.41, 5.74) is 2.74. The Labute approximate surface area is 151 Å². The Morgan fingerprint density at radius 3 is 1.80 bits per heavy atom. The van der Waals surface area contributed by atoms with Crippen molar-refractivity contribution in [3.05, 3.63) is 71.8 Å². The molecule has 1 N–H and O–H groups in total. The summed E-state index contributed by atoms with van der Waals surface area (Å²) in [7, 11) is 0. The fourth-order valence-corrected chi connectivity index (χ4v) is 3.75. The van der Waals surface area contributed by atoms with Gasteiger partial charge in [0, 0.05) is 19.1 Å². The van der Waals surface area contributed by atoms with E-state index in [9.17, 15) is 0 Å². The largest absolute Gasteiger partial charge is 0.394 e. The fraction of sp³-hybridized carbons (Fsp3) is 0.455. The van der Waals surface area contributed by atoms with Crippen LogP contribution >= 0.6 is 0 Å². The van der Waals surface area contributed by atoms with Crippen molar-refractivity contribution in [2.75, 3.05) is 13.2 Å². The van der Waals surface area contributed by atoms with Gasteiger partial charge in [0.05, 0.1) is 19.3 Å². The topological polar surface area (TPSA) is 32.7 Å². The van der Waals surface area contributed by atoms with Crippen LogP contribution in [0.25, 0.3) is 0 Å². The van der Waals surface area contributed by atoms with Crippen LogP contribution in [0, 0.1) is 0 Å². The predicted octanol–water partition coefficient (Wildman–Crippen LogP) is 4.01. The summed E-state index contributed by atoms with van der Waals surface area (Å²) in [6.45, 7) is 2.56. The molecule has 0 radical (unpaired) electrons. The average molecular weight is 339 g/mol. The summed E-state index contributed by atoms with van der Waals surface area (Å²) < 4.78 is 5.73. The highest BCUT2D eigenvalue weighted by atomic mass is 16.5. The maximum Gasteiger partial charge on any atom is 0.0701 e. The minimum absolute atomic E-state index is 0.119. The minimum atomic E-state index is 0.119.